The van der Waals surface area contributed by atoms with Gasteiger partial charge in [0.25, 0.3) is 0 Å². The Hall–Kier alpha value is -1.96. The Labute approximate surface area is 108 Å². The zero-order valence-corrected chi connectivity index (χ0v) is 10.6. The van der Waals surface area contributed by atoms with E-state index < -0.39 is 10.6 Å². The van der Waals surface area contributed by atoms with Crippen LogP contribution in [0.4, 0.5) is 11.5 Å². The molecule has 1 heterocycles. The molecule has 0 bridgehead atoms. The van der Waals surface area contributed by atoms with Gasteiger partial charge in [0.2, 0.25) is 16.9 Å². The van der Waals surface area contributed by atoms with Crippen molar-refractivity contribution in [3.8, 4) is 0 Å². The molecular weight excluding hydrogens is 262 g/mol. The number of rotatable bonds is 5. The van der Waals surface area contributed by atoms with E-state index in [9.17, 15) is 14.9 Å². The maximum atomic E-state index is 11.5. The third-order valence-electron chi connectivity index (χ3n) is 2.27. The van der Waals surface area contributed by atoms with E-state index >= 15 is 0 Å². The second-order valence-electron chi connectivity index (χ2n) is 3.38. The van der Waals surface area contributed by atoms with Crippen LogP contribution >= 0.6 is 11.6 Å². The lowest BCUT2D eigenvalue weighted by molar-refractivity contribution is -0.384. The van der Waals surface area contributed by atoms with Gasteiger partial charge in [0.05, 0.1) is 11.5 Å². The monoisotopic (exact) mass is 273 g/mol. The van der Waals surface area contributed by atoms with Crippen molar-refractivity contribution in [2.75, 3.05) is 25.5 Å². The molecule has 0 atom stereocenters. The van der Waals surface area contributed by atoms with E-state index in [0.717, 1.165) is 6.33 Å². The molecule has 9 heteroatoms. The van der Waals surface area contributed by atoms with Crippen LogP contribution in [0.1, 0.15) is 6.92 Å². The van der Waals surface area contributed by atoms with Crippen molar-refractivity contribution in [1.29, 1.82) is 0 Å². The Bertz CT molecular complexity index is 468. The van der Waals surface area contributed by atoms with Crippen LogP contribution in [0.15, 0.2) is 6.33 Å². The first kappa shape index (κ1) is 14.1. The summed E-state index contributed by atoms with van der Waals surface area (Å²) in [5.41, 5.74) is -0.439. The first-order valence-electron chi connectivity index (χ1n) is 5.10. The number of hydrogen-bond donors (Lipinski definition) is 1. The second-order valence-corrected chi connectivity index (χ2v) is 3.74. The second kappa shape index (κ2) is 6.10. The molecular formula is C9H12ClN5O3. The molecule has 1 aromatic heterocycles. The summed E-state index contributed by atoms with van der Waals surface area (Å²) in [6.45, 7) is 2.27. The third-order valence-corrected chi connectivity index (χ3v) is 2.54. The van der Waals surface area contributed by atoms with Crippen molar-refractivity contribution in [2.45, 2.75) is 6.92 Å². The van der Waals surface area contributed by atoms with Crippen LogP contribution in [0.25, 0.3) is 0 Å². The lowest BCUT2D eigenvalue weighted by Crippen LogP contribution is -2.32. The fourth-order valence-electron chi connectivity index (χ4n) is 1.12. The number of anilines is 1. The average molecular weight is 274 g/mol. The number of carbonyl (C=O) groups is 1. The van der Waals surface area contributed by atoms with Crippen molar-refractivity contribution in [2.24, 2.45) is 0 Å². The molecule has 18 heavy (non-hydrogen) atoms. The molecule has 1 N–H and O–H groups in total. The van der Waals surface area contributed by atoms with E-state index in [2.05, 4.69) is 15.3 Å². The Morgan fingerprint density at radius 1 is 1.61 bits per heavy atom. The van der Waals surface area contributed by atoms with Crippen molar-refractivity contribution in [3.05, 3.63) is 21.6 Å². The van der Waals surface area contributed by atoms with Crippen LogP contribution in [-0.2, 0) is 4.79 Å². The summed E-state index contributed by atoms with van der Waals surface area (Å²) in [5, 5.41) is 13.1. The predicted molar refractivity (Wildman–Crippen MR) is 65.5 cm³/mol. The summed E-state index contributed by atoms with van der Waals surface area (Å²) in [6, 6.07) is 0. The van der Waals surface area contributed by atoms with Crippen LogP contribution in [0.5, 0.6) is 0 Å². The minimum Gasteiger partial charge on any atom is -0.355 e. The molecule has 0 aliphatic heterocycles. The number of amides is 1. The van der Waals surface area contributed by atoms with Crippen LogP contribution < -0.4 is 5.32 Å². The van der Waals surface area contributed by atoms with Gasteiger partial charge in [-0.1, -0.05) is 11.6 Å². The van der Waals surface area contributed by atoms with E-state index in [1.165, 1.54) is 4.90 Å². The van der Waals surface area contributed by atoms with Crippen molar-refractivity contribution in [3.63, 3.8) is 0 Å². The summed E-state index contributed by atoms with van der Waals surface area (Å²) < 4.78 is 0. The molecule has 0 spiro atoms. The van der Waals surface area contributed by atoms with Crippen molar-refractivity contribution >= 4 is 29.0 Å². The zero-order valence-electron chi connectivity index (χ0n) is 9.88. The van der Waals surface area contributed by atoms with Gasteiger partial charge in [-0.05, 0) is 6.92 Å². The van der Waals surface area contributed by atoms with Gasteiger partial charge in [-0.15, -0.1) is 0 Å². The van der Waals surface area contributed by atoms with Crippen LogP contribution in [-0.4, -0.2) is 45.8 Å². The Balaban J connectivity index is 2.83. The first-order valence-corrected chi connectivity index (χ1v) is 5.47. The molecule has 98 valence electrons. The molecule has 1 rings (SSSR count). The molecule has 0 aliphatic carbocycles. The van der Waals surface area contributed by atoms with Gasteiger partial charge in [-0.3, -0.25) is 14.9 Å². The van der Waals surface area contributed by atoms with Gasteiger partial charge in [-0.25, -0.2) is 9.97 Å². The molecule has 1 amide bonds. The van der Waals surface area contributed by atoms with E-state index in [1.807, 2.05) is 6.92 Å². The number of nitro groups is 1. The normalized spacial score (nSPS) is 9.94. The van der Waals surface area contributed by atoms with Gasteiger partial charge >= 0.3 is 5.69 Å². The summed E-state index contributed by atoms with van der Waals surface area (Å²) in [5.74, 6) is -0.278. The lowest BCUT2D eigenvalue weighted by Gasteiger charge is -2.14. The predicted octanol–water partition coefficient (Wildman–Crippen LogP) is 0.928. The quantitative estimate of drug-likeness (QED) is 0.486. The average Bonchev–Trinajstić information content (AvgIpc) is 2.34. The number of aromatic nitrogens is 2. The highest BCUT2D eigenvalue weighted by Crippen LogP contribution is 2.27. The van der Waals surface area contributed by atoms with Gasteiger partial charge in [0.15, 0.2) is 0 Å². The van der Waals surface area contributed by atoms with Gasteiger partial charge in [0, 0.05) is 13.6 Å². The fraction of sp³-hybridized carbons (Fsp3) is 0.444. The van der Waals surface area contributed by atoms with Gasteiger partial charge < -0.3 is 10.2 Å². The number of halogens is 1. The number of carbonyl (C=O) groups excluding carboxylic acids is 1. The van der Waals surface area contributed by atoms with Crippen LogP contribution in [0.2, 0.25) is 5.15 Å². The van der Waals surface area contributed by atoms with Crippen molar-refractivity contribution in [1.82, 2.24) is 14.9 Å². The summed E-state index contributed by atoms with van der Waals surface area (Å²) in [6.07, 6.45) is 1.09. The molecule has 0 saturated heterocycles. The standard InChI is InChI=1S/C9H12ClN5O3/c1-3-14(2)6(16)4-11-9-7(15(17)18)8(10)12-5-13-9/h5H,3-4H2,1-2H3,(H,11,12,13). The highest BCUT2D eigenvalue weighted by atomic mass is 35.5. The van der Waals surface area contributed by atoms with Gasteiger partial charge in [-0.2, -0.15) is 0 Å². The Kier molecular flexibility index (Phi) is 4.78. The van der Waals surface area contributed by atoms with E-state index in [4.69, 9.17) is 11.6 Å². The molecule has 0 unspecified atom stereocenters. The van der Waals surface area contributed by atoms with Crippen molar-refractivity contribution < 1.29 is 9.72 Å². The fourth-order valence-corrected chi connectivity index (χ4v) is 1.32. The minimum atomic E-state index is -0.696. The Morgan fingerprint density at radius 2 is 2.28 bits per heavy atom. The molecule has 0 aliphatic rings. The topological polar surface area (TPSA) is 101 Å². The highest BCUT2D eigenvalue weighted by molar-refractivity contribution is 6.31. The summed E-state index contributed by atoms with van der Waals surface area (Å²) in [7, 11) is 1.63. The molecule has 8 nitrogen and oxygen atoms in total. The molecule has 1 aromatic rings. The first-order chi connectivity index (χ1) is 8.47. The number of nitrogens with zero attached hydrogens (tertiary/aromatic N) is 4. The zero-order chi connectivity index (χ0) is 13.7. The van der Waals surface area contributed by atoms with E-state index in [0.29, 0.717) is 6.54 Å². The SMILES string of the molecule is CCN(C)C(=O)CNc1ncnc(Cl)c1[N+](=O)[O-]. The minimum absolute atomic E-state index is 0.0714. The third kappa shape index (κ3) is 3.27. The van der Waals surface area contributed by atoms with E-state index in [-0.39, 0.29) is 23.4 Å². The molecule has 0 saturated carbocycles. The number of nitrogens with one attached hydrogen (secondary N) is 1. The highest BCUT2D eigenvalue weighted by Gasteiger charge is 2.22. The molecule has 0 aromatic carbocycles. The maximum Gasteiger partial charge on any atom is 0.348 e. The van der Waals surface area contributed by atoms with E-state index in [1.54, 1.807) is 7.05 Å². The molecule has 0 fully saturated rings. The lowest BCUT2D eigenvalue weighted by atomic mass is 10.4. The molecule has 0 radical (unpaired) electrons. The van der Waals surface area contributed by atoms with Crippen LogP contribution in [0, 0.1) is 10.1 Å². The Morgan fingerprint density at radius 3 is 2.83 bits per heavy atom. The summed E-state index contributed by atoms with van der Waals surface area (Å²) in [4.78, 5) is 30.3. The number of hydrogen-bond acceptors (Lipinski definition) is 6. The smallest absolute Gasteiger partial charge is 0.348 e. The number of likely N-dealkylation sites (N-methyl/N-ethyl adjacent to an activating group) is 1. The maximum absolute atomic E-state index is 11.5. The summed E-state index contributed by atoms with van der Waals surface area (Å²) >= 11 is 5.60. The largest absolute Gasteiger partial charge is 0.355 e. The van der Waals surface area contributed by atoms with Gasteiger partial charge in [0.1, 0.15) is 6.33 Å². The van der Waals surface area contributed by atoms with Crippen LogP contribution in [0.3, 0.4) is 0 Å².